The summed E-state index contributed by atoms with van der Waals surface area (Å²) < 4.78 is 0. The van der Waals surface area contributed by atoms with Gasteiger partial charge < -0.3 is 20.5 Å². The van der Waals surface area contributed by atoms with Crippen LogP contribution < -0.4 is 10.6 Å². The number of carbonyl (C=O) groups excluding carboxylic acids is 1. The maximum Gasteiger partial charge on any atom is 0.316 e. The van der Waals surface area contributed by atoms with E-state index >= 15 is 0 Å². The Morgan fingerprint density at radius 2 is 2.05 bits per heavy atom. The molecular weight excluding hydrogens is 276 g/mol. The van der Waals surface area contributed by atoms with Gasteiger partial charge in [0.1, 0.15) is 0 Å². The molecule has 0 aliphatic rings. The van der Waals surface area contributed by atoms with E-state index in [1.165, 1.54) is 4.90 Å². The molecule has 0 unspecified atom stereocenters. The van der Waals surface area contributed by atoms with Gasteiger partial charge in [-0.25, -0.2) is 4.79 Å². The molecular formula is C14H19ClN4O. The lowest BCUT2D eigenvalue weighted by molar-refractivity contribution is 0.217. The number of nitrogens with zero attached hydrogens (tertiary/aromatic N) is 1. The quantitative estimate of drug-likeness (QED) is 0.740. The van der Waals surface area contributed by atoms with E-state index in [-0.39, 0.29) is 6.03 Å². The number of carbonyl (C=O) groups is 1. The second kappa shape index (κ2) is 6.63. The highest BCUT2D eigenvalue weighted by Gasteiger charge is 2.08. The average molecular weight is 295 g/mol. The SMILES string of the molecule is CN(C)C(=O)NCCNCc1[nH]c2ccccc2c1Cl. The number of rotatable bonds is 5. The highest BCUT2D eigenvalue weighted by atomic mass is 35.5. The molecule has 108 valence electrons. The van der Waals surface area contributed by atoms with Crippen LogP contribution in [0.3, 0.4) is 0 Å². The van der Waals surface area contributed by atoms with Crippen LogP contribution in [0.25, 0.3) is 10.9 Å². The Labute approximate surface area is 123 Å². The van der Waals surface area contributed by atoms with Crippen molar-refractivity contribution in [2.75, 3.05) is 27.2 Å². The number of amides is 2. The number of aromatic nitrogens is 1. The van der Waals surface area contributed by atoms with Crippen molar-refractivity contribution in [1.82, 2.24) is 20.5 Å². The summed E-state index contributed by atoms with van der Waals surface area (Å²) in [6.07, 6.45) is 0. The number of nitrogens with one attached hydrogen (secondary N) is 3. The molecule has 0 bridgehead atoms. The fourth-order valence-corrected chi connectivity index (χ4v) is 2.19. The molecule has 0 atom stereocenters. The second-order valence-electron chi connectivity index (χ2n) is 4.77. The fourth-order valence-electron chi connectivity index (χ4n) is 1.91. The molecule has 0 fully saturated rings. The Morgan fingerprint density at radius 3 is 2.75 bits per heavy atom. The number of aromatic amines is 1. The predicted molar refractivity (Wildman–Crippen MR) is 82.1 cm³/mol. The van der Waals surface area contributed by atoms with Crippen LogP contribution in [0.2, 0.25) is 5.02 Å². The van der Waals surface area contributed by atoms with Gasteiger partial charge in [-0.3, -0.25) is 0 Å². The molecule has 1 aromatic carbocycles. The summed E-state index contributed by atoms with van der Waals surface area (Å²) in [5.41, 5.74) is 2.00. The van der Waals surface area contributed by atoms with Crippen LogP contribution in [0.15, 0.2) is 24.3 Å². The number of hydrogen-bond acceptors (Lipinski definition) is 2. The van der Waals surface area contributed by atoms with Gasteiger partial charge >= 0.3 is 6.03 Å². The standard InChI is InChI=1S/C14H19ClN4O/c1-19(2)14(20)17-8-7-16-9-12-13(15)10-5-3-4-6-11(10)18-12/h3-6,16,18H,7-9H2,1-2H3,(H,17,20). The Morgan fingerprint density at radius 1 is 1.30 bits per heavy atom. The van der Waals surface area contributed by atoms with Gasteiger partial charge in [-0.05, 0) is 6.07 Å². The molecule has 1 heterocycles. The lowest BCUT2D eigenvalue weighted by atomic mass is 10.2. The van der Waals surface area contributed by atoms with Gasteiger partial charge in [0.05, 0.1) is 5.02 Å². The van der Waals surface area contributed by atoms with E-state index in [2.05, 4.69) is 15.6 Å². The summed E-state index contributed by atoms with van der Waals surface area (Å²) in [7, 11) is 3.43. The summed E-state index contributed by atoms with van der Waals surface area (Å²) in [6.45, 7) is 1.91. The zero-order valence-electron chi connectivity index (χ0n) is 11.7. The van der Waals surface area contributed by atoms with Crippen molar-refractivity contribution in [3.05, 3.63) is 35.0 Å². The molecule has 2 rings (SSSR count). The molecule has 2 aromatic rings. The van der Waals surface area contributed by atoms with E-state index in [0.717, 1.165) is 21.6 Å². The molecule has 5 nitrogen and oxygen atoms in total. The first kappa shape index (κ1) is 14.7. The first-order valence-electron chi connectivity index (χ1n) is 6.50. The molecule has 1 aromatic heterocycles. The molecule has 0 aliphatic carbocycles. The third-order valence-corrected chi connectivity index (χ3v) is 3.43. The Hall–Kier alpha value is -1.72. The molecule has 3 N–H and O–H groups in total. The normalized spacial score (nSPS) is 10.8. The number of benzene rings is 1. The Bertz CT molecular complexity index is 594. The monoisotopic (exact) mass is 294 g/mol. The van der Waals surface area contributed by atoms with E-state index in [1.54, 1.807) is 14.1 Å². The summed E-state index contributed by atoms with van der Waals surface area (Å²) in [5, 5.41) is 7.83. The first-order valence-corrected chi connectivity index (χ1v) is 6.88. The zero-order valence-corrected chi connectivity index (χ0v) is 12.4. The molecule has 0 radical (unpaired) electrons. The van der Waals surface area contributed by atoms with Crippen LogP contribution in [0, 0.1) is 0 Å². The van der Waals surface area contributed by atoms with Crippen molar-refractivity contribution in [3.8, 4) is 0 Å². The Kier molecular flexibility index (Phi) is 4.87. The summed E-state index contributed by atoms with van der Waals surface area (Å²) in [6, 6.07) is 7.85. The number of hydrogen-bond donors (Lipinski definition) is 3. The van der Waals surface area contributed by atoms with E-state index in [1.807, 2.05) is 24.3 Å². The number of halogens is 1. The molecule has 0 spiro atoms. The van der Waals surface area contributed by atoms with Gasteiger partial charge in [0.15, 0.2) is 0 Å². The topological polar surface area (TPSA) is 60.2 Å². The molecule has 2 amide bonds. The maximum atomic E-state index is 11.3. The number of fused-ring (bicyclic) bond motifs is 1. The molecule has 20 heavy (non-hydrogen) atoms. The molecule has 0 saturated heterocycles. The van der Waals surface area contributed by atoms with Gasteiger partial charge in [-0.2, -0.15) is 0 Å². The van der Waals surface area contributed by atoms with Crippen molar-refractivity contribution in [2.45, 2.75) is 6.54 Å². The minimum Gasteiger partial charge on any atom is -0.356 e. The van der Waals surface area contributed by atoms with Crippen LogP contribution in [0.1, 0.15) is 5.69 Å². The van der Waals surface area contributed by atoms with Gasteiger partial charge in [0.25, 0.3) is 0 Å². The van der Waals surface area contributed by atoms with Crippen LogP contribution >= 0.6 is 11.6 Å². The van der Waals surface area contributed by atoms with Crippen molar-refractivity contribution in [2.24, 2.45) is 0 Å². The molecule has 0 aliphatic heterocycles. The van der Waals surface area contributed by atoms with Gasteiger partial charge in [0, 0.05) is 50.3 Å². The van der Waals surface area contributed by atoms with E-state index in [4.69, 9.17) is 11.6 Å². The third-order valence-electron chi connectivity index (χ3n) is 3.00. The lowest BCUT2D eigenvalue weighted by Gasteiger charge is -2.12. The molecule has 0 saturated carbocycles. The highest BCUT2D eigenvalue weighted by molar-refractivity contribution is 6.36. The summed E-state index contributed by atoms with van der Waals surface area (Å²) >= 11 is 6.31. The van der Waals surface area contributed by atoms with Crippen LogP contribution in [0.5, 0.6) is 0 Å². The van der Waals surface area contributed by atoms with Crippen molar-refractivity contribution >= 4 is 28.5 Å². The summed E-state index contributed by atoms with van der Waals surface area (Å²) in [4.78, 5) is 16.1. The van der Waals surface area contributed by atoms with Gasteiger partial charge in [0.2, 0.25) is 0 Å². The highest BCUT2D eigenvalue weighted by Crippen LogP contribution is 2.26. The summed E-state index contributed by atoms with van der Waals surface area (Å²) in [5.74, 6) is 0. The first-order chi connectivity index (χ1) is 9.59. The fraction of sp³-hybridized carbons (Fsp3) is 0.357. The Balaban J connectivity index is 1.81. The van der Waals surface area contributed by atoms with E-state index in [9.17, 15) is 4.79 Å². The number of para-hydroxylation sites is 1. The van der Waals surface area contributed by atoms with Crippen molar-refractivity contribution in [1.29, 1.82) is 0 Å². The number of urea groups is 1. The maximum absolute atomic E-state index is 11.3. The predicted octanol–water partition coefficient (Wildman–Crippen LogP) is 2.18. The minimum absolute atomic E-state index is 0.0876. The smallest absolute Gasteiger partial charge is 0.316 e. The third kappa shape index (κ3) is 3.43. The van der Waals surface area contributed by atoms with E-state index < -0.39 is 0 Å². The largest absolute Gasteiger partial charge is 0.356 e. The van der Waals surface area contributed by atoms with Gasteiger partial charge in [-0.15, -0.1) is 0 Å². The van der Waals surface area contributed by atoms with Crippen molar-refractivity contribution < 1.29 is 4.79 Å². The zero-order chi connectivity index (χ0) is 14.5. The van der Waals surface area contributed by atoms with E-state index in [0.29, 0.717) is 19.6 Å². The van der Waals surface area contributed by atoms with Crippen LogP contribution in [0.4, 0.5) is 4.79 Å². The average Bonchev–Trinajstić information content (AvgIpc) is 2.75. The van der Waals surface area contributed by atoms with Crippen LogP contribution in [-0.2, 0) is 6.54 Å². The van der Waals surface area contributed by atoms with Gasteiger partial charge in [-0.1, -0.05) is 29.8 Å². The minimum atomic E-state index is -0.0876. The molecule has 6 heteroatoms. The number of H-pyrrole nitrogens is 1. The van der Waals surface area contributed by atoms with Crippen molar-refractivity contribution in [3.63, 3.8) is 0 Å². The second-order valence-corrected chi connectivity index (χ2v) is 5.14. The lowest BCUT2D eigenvalue weighted by Crippen LogP contribution is -2.38. The van der Waals surface area contributed by atoms with Crippen LogP contribution in [-0.4, -0.2) is 43.1 Å².